The largest absolute Gasteiger partial charge is 0.416 e. The van der Waals surface area contributed by atoms with Gasteiger partial charge in [0.25, 0.3) is 0 Å². The molecule has 1 heterocycles. The molecule has 0 amide bonds. The van der Waals surface area contributed by atoms with E-state index in [1.807, 2.05) is 0 Å². The molecular formula is C15H11F4N. The molecule has 1 nitrogen and oxygen atoms in total. The first-order chi connectivity index (χ1) is 9.45. The van der Waals surface area contributed by atoms with Crippen LogP contribution in [0, 0.1) is 5.82 Å². The Morgan fingerprint density at radius 2 is 1.80 bits per heavy atom. The van der Waals surface area contributed by atoms with Crippen LogP contribution in [0.15, 0.2) is 42.5 Å². The third kappa shape index (κ3) is 2.24. The van der Waals surface area contributed by atoms with Gasteiger partial charge >= 0.3 is 6.18 Å². The molecule has 1 unspecified atom stereocenters. The summed E-state index contributed by atoms with van der Waals surface area (Å²) in [4.78, 5) is 0. The highest BCUT2D eigenvalue weighted by Crippen LogP contribution is 2.40. The second kappa shape index (κ2) is 4.51. The van der Waals surface area contributed by atoms with E-state index < -0.39 is 17.8 Å². The van der Waals surface area contributed by atoms with Gasteiger partial charge in [-0.25, -0.2) is 4.39 Å². The summed E-state index contributed by atoms with van der Waals surface area (Å²) in [5.74, 6) is -0.379. The third-order valence-electron chi connectivity index (χ3n) is 3.46. The number of hydrogen-bond acceptors (Lipinski definition) is 1. The van der Waals surface area contributed by atoms with Crippen LogP contribution in [0.5, 0.6) is 0 Å². The number of halogens is 4. The lowest BCUT2D eigenvalue weighted by Crippen LogP contribution is -2.15. The van der Waals surface area contributed by atoms with Crippen molar-refractivity contribution in [3.63, 3.8) is 0 Å². The minimum Gasteiger partial charge on any atom is -0.378 e. The Kier molecular flexibility index (Phi) is 2.92. The van der Waals surface area contributed by atoms with Crippen LogP contribution in [0.1, 0.15) is 22.7 Å². The topological polar surface area (TPSA) is 12.0 Å². The molecule has 1 aliphatic heterocycles. The fraction of sp³-hybridized carbons (Fsp3) is 0.200. The molecule has 0 aromatic heterocycles. The zero-order chi connectivity index (χ0) is 14.3. The minimum atomic E-state index is -4.39. The fourth-order valence-electron chi connectivity index (χ4n) is 2.58. The summed E-state index contributed by atoms with van der Waals surface area (Å²) in [7, 11) is 0. The molecule has 2 aromatic carbocycles. The predicted molar refractivity (Wildman–Crippen MR) is 67.9 cm³/mol. The zero-order valence-electron chi connectivity index (χ0n) is 10.3. The highest BCUT2D eigenvalue weighted by atomic mass is 19.4. The van der Waals surface area contributed by atoms with E-state index in [9.17, 15) is 17.6 Å². The highest BCUT2D eigenvalue weighted by Gasteiger charge is 2.36. The van der Waals surface area contributed by atoms with Crippen molar-refractivity contribution in [2.45, 2.75) is 18.6 Å². The lowest BCUT2D eigenvalue weighted by Gasteiger charge is -2.18. The lowest BCUT2D eigenvalue weighted by atomic mass is 9.97. The molecule has 1 atom stereocenters. The summed E-state index contributed by atoms with van der Waals surface area (Å²) in [5.41, 5.74) is 0.933. The Labute approximate surface area is 113 Å². The predicted octanol–water partition coefficient (Wildman–Crippen LogP) is 4.55. The summed E-state index contributed by atoms with van der Waals surface area (Å²) in [6.45, 7) is 0. The Hall–Kier alpha value is -2.04. The molecule has 2 aromatic rings. The maximum absolute atomic E-state index is 13.2. The molecule has 0 saturated carbocycles. The van der Waals surface area contributed by atoms with E-state index in [0.29, 0.717) is 17.7 Å². The number of alkyl halides is 3. The second-order valence-corrected chi connectivity index (χ2v) is 4.79. The van der Waals surface area contributed by atoms with Gasteiger partial charge in [-0.15, -0.1) is 0 Å². The van der Waals surface area contributed by atoms with E-state index in [2.05, 4.69) is 5.32 Å². The molecule has 0 spiro atoms. The van der Waals surface area contributed by atoms with Gasteiger partial charge in [0.15, 0.2) is 0 Å². The molecule has 0 fully saturated rings. The highest BCUT2D eigenvalue weighted by molar-refractivity contribution is 5.59. The Morgan fingerprint density at radius 1 is 1.05 bits per heavy atom. The van der Waals surface area contributed by atoms with E-state index in [0.717, 1.165) is 6.07 Å². The summed E-state index contributed by atoms with van der Waals surface area (Å²) in [5, 5.41) is 3.02. The molecular weight excluding hydrogens is 270 g/mol. The van der Waals surface area contributed by atoms with E-state index in [1.54, 1.807) is 12.1 Å². The van der Waals surface area contributed by atoms with Gasteiger partial charge < -0.3 is 5.32 Å². The van der Waals surface area contributed by atoms with Crippen molar-refractivity contribution in [2.24, 2.45) is 0 Å². The molecule has 0 radical (unpaired) electrons. The van der Waals surface area contributed by atoms with Crippen molar-refractivity contribution in [1.82, 2.24) is 0 Å². The van der Waals surface area contributed by atoms with E-state index in [-0.39, 0.29) is 11.4 Å². The molecule has 0 bridgehead atoms. The van der Waals surface area contributed by atoms with Crippen molar-refractivity contribution in [3.05, 3.63) is 65.0 Å². The van der Waals surface area contributed by atoms with Crippen molar-refractivity contribution in [3.8, 4) is 0 Å². The third-order valence-corrected chi connectivity index (χ3v) is 3.46. The number of benzene rings is 2. The van der Waals surface area contributed by atoms with Gasteiger partial charge in [0.2, 0.25) is 0 Å². The quantitative estimate of drug-likeness (QED) is 0.756. The maximum atomic E-state index is 13.2. The fourth-order valence-corrected chi connectivity index (χ4v) is 2.58. The minimum absolute atomic E-state index is 0.191. The molecule has 0 aliphatic carbocycles. The van der Waals surface area contributed by atoms with Crippen molar-refractivity contribution in [1.29, 1.82) is 0 Å². The first-order valence-corrected chi connectivity index (χ1v) is 6.16. The van der Waals surface area contributed by atoms with Gasteiger partial charge in [0.05, 0.1) is 11.6 Å². The normalized spacial score (nSPS) is 17.7. The van der Waals surface area contributed by atoms with E-state index >= 15 is 0 Å². The first kappa shape index (κ1) is 13.0. The average molecular weight is 281 g/mol. The number of anilines is 1. The smallest absolute Gasteiger partial charge is 0.378 e. The molecule has 104 valence electrons. The average Bonchev–Trinajstić information content (AvgIpc) is 2.80. The first-order valence-electron chi connectivity index (χ1n) is 6.16. The van der Waals surface area contributed by atoms with Crippen LogP contribution >= 0.6 is 0 Å². The van der Waals surface area contributed by atoms with Crippen LogP contribution < -0.4 is 5.32 Å². The van der Waals surface area contributed by atoms with Crippen LogP contribution in [0.25, 0.3) is 0 Å². The summed E-state index contributed by atoms with van der Waals surface area (Å²) < 4.78 is 52.2. The number of rotatable bonds is 1. The van der Waals surface area contributed by atoms with Crippen molar-refractivity contribution in [2.75, 3.05) is 5.32 Å². The Balaban J connectivity index is 1.98. The van der Waals surface area contributed by atoms with Crippen LogP contribution in [-0.4, -0.2) is 0 Å². The molecule has 0 saturated heterocycles. The molecule has 1 N–H and O–H groups in total. The molecule has 1 aliphatic rings. The summed E-state index contributed by atoms with van der Waals surface area (Å²) in [6.07, 6.45) is -4.04. The van der Waals surface area contributed by atoms with Crippen LogP contribution in [0.4, 0.5) is 23.2 Å². The van der Waals surface area contributed by atoms with Gasteiger partial charge in [-0.1, -0.05) is 18.2 Å². The second-order valence-electron chi connectivity index (χ2n) is 4.79. The number of fused-ring (bicyclic) bond motifs is 1. The summed E-state index contributed by atoms with van der Waals surface area (Å²) >= 11 is 0. The number of hydrogen-bond donors (Lipinski definition) is 1. The summed E-state index contributed by atoms with van der Waals surface area (Å²) in [6, 6.07) is 9.21. The molecule has 5 heteroatoms. The van der Waals surface area contributed by atoms with Gasteiger partial charge in [-0.05, 0) is 41.8 Å². The Morgan fingerprint density at radius 3 is 2.55 bits per heavy atom. The van der Waals surface area contributed by atoms with Crippen LogP contribution in [0.2, 0.25) is 0 Å². The van der Waals surface area contributed by atoms with Gasteiger partial charge in [0.1, 0.15) is 5.82 Å². The SMILES string of the molecule is Fc1ccc2c(c1)CC(c1ccccc1C(F)(F)F)N2. The standard InChI is InChI=1S/C15H11F4N/c16-10-5-6-13-9(7-10)8-14(20-13)11-3-1-2-4-12(11)15(17,18)19/h1-7,14,20H,8H2. The maximum Gasteiger partial charge on any atom is 0.416 e. The van der Waals surface area contributed by atoms with Crippen LogP contribution in [-0.2, 0) is 12.6 Å². The molecule has 20 heavy (non-hydrogen) atoms. The van der Waals surface area contributed by atoms with Gasteiger partial charge in [-0.3, -0.25) is 0 Å². The Bertz CT molecular complexity index is 649. The number of nitrogens with one attached hydrogen (secondary N) is 1. The monoisotopic (exact) mass is 281 g/mol. The van der Waals surface area contributed by atoms with Crippen molar-refractivity contribution < 1.29 is 17.6 Å². The van der Waals surface area contributed by atoms with Crippen molar-refractivity contribution >= 4 is 5.69 Å². The van der Waals surface area contributed by atoms with E-state index in [1.165, 1.54) is 24.3 Å². The van der Waals surface area contributed by atoms with Gasteiger partial charge in [-0.2, -0.15) is 13.2 Å². The van der Waals surface area contributed by atoms with Gasteiger partial charge in [0, 0.05) is 5.69 Å². The van der Waals surface area contributed by atoms with E-state index in [4.69, 9.17) is 0 Å². The molecule has 3 rings (SSSR count). The lowest BCUT2D eigenvalue weighted by molar-refractivity contribution is -0.138. The zero-order valence-corrected chi connectivity index (χ0v) is 10.3. The van der Waals surface area contributed by atoms with Crippen LogP contribution in [0.3, 0.4) is 0 Å².